The minimum Gasteiger partial charge on any atom is -0.444 e. The Bertz CT molecular complexity index is 537. The average Bonchev–Trinajstić information content (AvgIpc) is 3.07. The maximum atomic E-state index is 12.5. The fourth-order valence-electron chi connectivity index (χ4n) is 2.84. The number of hydrogen-bond donors (Lipinski definition) is 1. The molecule has 1 fully saturated rings. The maximum absolute atomic E-state index is 12.5. The molecule has 6 heteroatoms. The summed E-state index contributed by atoms with van der Waals surface area (Å²) in [5.74, 6) is 0.145. The minimum absolute atomic E-state index is 0.0140. The van der Waals surface area contributed by atoms with E-state index in [1.165, 1.54) is 4.88 Å². The second-order valence-electron chi connectivity index (χ2n) is 7.13. The van der Waals surface area contributed by atoms with Crippen molar-refractivity contribution >= 4 is 23.3 Å². The molecule has 1 aliphatic rings. The molecule has 1 heterocycles. The lowest BCUT2D eigenvalue weighted by molar-refractivity contribution is -0.134. The largest absolute Gasteiger partial charge is 0.444 e. The normalized spacial score (nSPS) is 21.0. The van der Waals surface area contributed by atoms with E-state index in [2.05, 4.69) is 5.32 Å². The maximum Gasteiger partial charge on any atom is 0.407 e. The standard InChI is InChI=1S/C17H26N2O3S/c1-17(2,3)22-16(21)18-13-8-7-12(10-13)15(20)19(4)11-14-6-5-9-23-14/h5-6,9,12-13H,7-8,10-11H2,1-4H3,(H,18,21)/t12-,13+/m0/s1. The number of thiophene rings is 1. The zero-order valence-corrected chi connectivity index (χ0v) is 15.1. The van der Waals surface area contributed by atoms with E-state index in [0.717, 1.165) is 12.8 Å². The van der Waals surface area contributed by atoms with E-state index in [4.69, 9.17) is 4.74 Å². The summed E-state index contributed by atoms with van der Waals surface area (Å²) in [5, 5.41) is 4.89. The number of alkyl carbamates (subject to hydrolysis) is 1. The summed E-state index contributed by atoms with van der Waals surface area (Å²) in [4.78, 5) is 27.3. The van der Waals surface area contributed by atoms with Gasteiger partial charge in [-0.25, -0.2) is 4.79 Å². The third-order valence-electron chi connectivity index (χ3n) is 3.85. The predicted octanol–water partition coefficient (Wildman–Crippen LogP) is 3.40. The molecule has 5 nitrogen and oxygen atoms in total. The highest BCUT2D eigenvalue weighted by molar-refractivity contribution is 7.09. The van der Waals surface area contributed by atoms with Crippen LogP contribution < -0.4 is 5.32 Å². The average molecular weight is 338 g/mol. The van der Waals surface area contributed by atoms with Crippen LogP contribution >= 0.6 is 11.3 Å². The van der Waals surface area contributed by atoms with Gasteiger partial charge in [0.05, 0.1) is 6.54 Å². The van der Waals surface area contributed by atoms with Crippen LogP contribution in [0.5, 0.6) is 0 Å². The van der Waals surface area contributed by atoms with Gasteiger partial charge in [-0.05, 0) is 51.5 Å². The Kier molecular flexibility index (Phi) is 5.68. The van der Waals surface area contributed by atoms with Gasteiger partial charge in [0.2, 0.25) is 5.91 Å². The minimum atomic E-state index is -0.501. The van der Waals surface area contributed by atoms with Crippen molar-refractivity contribution in [1.82, 2.24) is 10.2 Å². The SMILES string of the molecule is CN(Cc1cccs1)C(=O)[C@H]1CC[C@@H](NC(=O)OC(C)(C)C)C1. The monoisotopic (exact) mass is 338 g/mol. The lowest BCUT2D eigenvalue weighted by atomic mass is 10.1. The van der Waals surface area contributed by atoms with Crippen LogP contribution in [-0.4, -0.2) is 35.6 Å². The zero-order chi connectivity index (χ0) is 17.0. The molecule has 2 amide bonds. The molecule has 1 saturated carbocycles. The van der Waals surface area contributed by atoms with Crippen molar-refractivity contribution < 1.29 is 14.3 Å². The molecule has 0 aromatic carbocycles. The van der Waals surface area contributed by atoms with Gasteiger partial charge in [0.1, 0.15) is 5.60 Å². The van der Waals surface area contributed by atoms with E-state index in [0.29, 0.717) is 13.0 Å². The van der Waals surface area contributed by atoms with E-state index in [1.807, 2.05) is 45.3 Å². The van der Waals surface area contributed by atoms with Crippen molar-refractivity contribution in [2.75, 3.05) is 7.05 Å². The topological polar surface area (TPSA) is 58.6 Å². The molecule has 23 heavy (non-hydrogen) atoms. The van der Waals surface area contributed by atoms with Crippen LogP contribution in [0.3, 0.4) is 0 Å². The summed E-state index contributed by atoms with van der Waals surface area (Å²) < 4.78 is 5.27. The second kappa shape index (κ2) is 7.34. The molecule has 0 bridgehead atoms. The predicted molar refractivity (Wildman–Crippen MR) is 91.3 cm³/mol. The van der Waals surface area contributed by atoms with Crippen molar-refractivity contribution in [3.05, 3.63) is 22.4 Å². The Hall–Kier alpha value is -1.56. The summed E-state index contributed by atoms with van der Waals surface area (Å²) in [5.41, 5.74) is -0.501. The van der Waals surface area contributed by atoms with E-state index in [-0.39, 0.29) is 17.9 Å². The summed E-state index contributed by atoms with van der Waals surface area (Å²) in [6.45, 7) is 6.17. The number of carbonyl (C=O) groups excluding carboxylic acids is 2. The van der Waals surface area contributed by atoms with Crippen LogP contribution in [-0.2, 0) is 16.1 Å². The van der Waals surface area contributed by atoms with Gasteiger partial charge in [0.25, 0.3) is 0 Å². The van der Waals surface area contributed by atoms with Gasteiger partial charge in [0, 0.05) is 23.9 Å². The summed E-state index contributed by atoms with van der Waals surface area (Å²) in [6.07, 6.45) is 1.92. The third-order valence-corrected chi connectivity index (χ3v) is 4.71. The van der Waals surface area contributed by atoms with E-state index >= 15 is 0 Å². The lowest BCUT2D eigenvalue weighted by Crippen LogP contribution is -2.38. The highest BCUT2D eigenvalue weighted by atomic mass is 32.1. The molecule has 1 aromatic rings. The first-order valence-electron chi connectivity index (χ1n) is 8.01. The fraction of sp³-hybridized carbons (Fsp3) is 0.647. The lowest BCUT2D eigenvalue weighted by Gasteiger charge is -2.22. The number of nitrogens with zero attached hydrogens (tertiary/aromatic N) is 1. The summed E-state index contributed by atoms with van der Waals surface area (Å²) in [7, 11) is 1.84. The van der Waals surface area contributed by atoms with Crippen LogP contribution in [0.1, 0.15) is 44.9 Å². The summed E-state index contributed by atoms with van der Waals surface area (Å²) >= 11 is 1.66. The van der Waals surface area contributed by atoms with Crippen LogP contribution in [0.25, 0.3) is 0 Å². The molecular formula is C17H26N2O3S. The molecule has 1 aliphatic carbocycles. The molecular weight excluding hydrogens is 312 g/mol. The first-order valence-corrected chi connectivity index (χ1v) is 8.89. The quantitative estimate of drug-likeness (QED) is 0.915. The zero-order valence-electron chi connectivity index (χ0n) is 14.3. The van der Waals surface area contributed by atoms with Crippen molar-refractivity contribution in [1.29, 1.82) is 0 Å². The number of carbonyl (C=O) groups is 2. The van der Waals surface area contributed by atoms with E-state index < -0.39 is 11.7 Å². The van der Waals surface area contributed by atoms with Crippen LogP contribution in [0.2, 0.25) is 0 Å². The first-order chi connectivity index (χ1) is 10.7. The van der Waals surface area contributed by atoms with Crippen LogP contribution in [0, 0.1) is 5.92 Å². The Labute approximate surface area is 142 Å². The van der Waals surface area contributed by atoms with Gasteiger partial charge >= 0.3 is 6.09 Å². The molecule has 0 saturated heterocycles. The first kappa shape index (κ1) is 17.8. The molecule has 0 radical (unpaired) electrons. The highest BCUT2D eigenvalue weighted by Crippen LogP contribution is 2.28. The van der Waals surface area contributed by atoms with Crippen LogP contribution in [0.15, 0.2) is 17.5 Å². The molecule has 0 spiro atoms. The fourth-order valence-corrected chi connectivity index (χ4v) is 3.59. The Morgan fingerprint density at radius 1 is 1.39 bits per heavy atom. The van der Waals surface area contributed by atoms with Gasteiger partial charge in [0.15, 0.2) is 0 Å². The molecule has 2 rings (SSSR count). The molecule has 0 aliphatic heterocycles. The van der Waals surface area contributed by atoms with Crippen molar-refractivity contribution in [3.8, 4) is 0 Å². The third kappa shape index (κ3) is 5.53. The van der Waals surface area contributed by atoms with Crippen molar-refractivity contribution in [2.45, 2.75) is 58.2 Å². The molecule has 2 atom stereocenters. The molecule has 1 aromatic heterocycles. The number of hydrogen-bond acceptors (Lipinski definition) is 4. The molecule has 128 valence electrons. The highest BCUT2D eigenvalue weighted by Gasteiger charge is 2.33. The molecule has 1 N–H and O–H groups in total. The Morgan fingerprint density at radius 2 is 2.13 bits per heavy atom. The van der Waals surface area contributed by atoms with Crippen molar-refractivity contribution in [3.63, 3.8) is 0 Å². The second-order valence-corrected chi connectivity index (χ2v) is 8.16. The Morgan fingerprint density at radius 3 is 2.74 bits per heavy atom. The summed E-state index contributed by atoms with van der Waals surface area (Å²) in [6, 6.07) is 4.05. The number of ether oxygens (including phenoxy) is 1. The number of amides is 2. The van der Waals surface area contributed by atoms with E-state index in [1.54, 1.807) is 16.2 Å². The number of rotatable bonds is 4. The molecule has 0 unspecified atom stereocenters. The van der Waals surface area contributed by atoms with Gasteiger partial charge in [-0.3, -0.25) is 4.79 Å². The van der Waals surface area contributed by atoms with Gasteiger partial charge in [-0.1, -0.05) is 6.07 Å². The van der Waals surface area contributed by atoms with E-state index in [9.17, 15) is 9.59 Å². The van der Waals surface area contributed by atoms with Gasteiger partial charge in [-0.2, -0.15) is 0 Å². The van der Waals surface area contributed by atoms with Crippen LogP contribution in [0.4, 0.5) is 4.79 Å². The Balaban J connectivity index is 1.80. The van der Waals surface area contributed by atoms with Gasteiger partial charge in [-0.15, -0.1) is 11.3 Å². The van der Waals surface area contributed by atoms with Crippen molar-refractivity contribution in [2.24, 2.45) is 5.92 Å². The smallest absolute Gasteiger partial charge is 0.407 e. The van der Waals surface area contributed by atoms with Gasteiger partial charge < -0.3 is 15.0 Å². The number of nitrogens with one attached hydrogen (secondary N) is 1.